The Balaban J connectivity index is 3.76. The molecule has 5 heteroatoms. The molecule has 5 nitrogen and oxygen atoms in total. The standard InChI is InChI=1S/C9H15NO4/c1-3-14-9(13)6-7(2)10-5-4-8(11)12/h6,10H,3-5H2,1-2H3,(H,11,12)/b7-6+. The quantitative estimate of drug-likeness (QED) is 0.484. The van der Waals surface area contributed by atoms with Crippen molar-refractivity contribution in [1.82, 2.24) is 5.32 Å². The van der Waals surface area contributed by atoms with Crippen LogP contribution in [0.4, 0.5) is 0 Å². The second-order valence-corrected chi connectivity index (χ2v) is 2.65. The number of carboxylic acids is 1. The van der Waals surface area contributed by atoms with Gasteiger partial charge in [0.05, 0.1) is 13.0 Å². The number of hydrogen-bond donors (Lipinski definition) is 2. The molecule has 0 fully saturated rings. The van der Waals surface area contributed by atoms with Crippen molar-refractivity contribution in [3.8, 4) is 0 Å². The highest BCUT2D eigenvalue weighted by Gasteiger charge is 1.99. The number of rotatable bonds is 6. The SMILES string of the molecule is CCOC(=O)/C=C(\C)NCCC(=O)O. The summed E-state index contributed by atoms with van der Waals surface area (Å²) in [6.45, 7) is 4.03. The average molecular weight is 201 g/mol. The summed E-state index contributed by atoms with van der Waals surface area (Å²) in [4.78, 5) is 21.0. The van der Waals surface area contributed by atoms with Crippen molar-refractivity contribution in [3.05, 3.63) is 11.8 Å². The van der Waals surface area contributed by atoms with Crippen LogP contribution < -0.4 is 5.32 Å². The Morgan fingerprint density at radius 3 is 2.64 bits per heavy atom. The summed E-state index contributed by atoms with van der Waals surface area (Å²) in [6, 6.07) is 0. The Bertz CT molecular complexity index is 235. The molecule has 80 valence electrons. The smallest absolute Gasteiger partial charge is 0.332 e. The van der Waals surface area contributed by atoms with Crippen molar-refractivity contribution >= 4 is 11.9 Å². The third-order valence-electron chi connectivity index (χ3n) is 1.36. The molecule has 0 atom stereocenters. The van der Waals surface area contributed by atoms with Crippen molar-refractivity contribution in [2.75, 3.05) is 13.2 Å². The van der Waals surface area contributed by atoms with Crippen LogP contribution in [0, 0.1) is 0 Å². The molecule has 0 bridgehead atoms. The summed E-state index contributed by atoms with van der Waals surface area (Å²) in [5.74, 6) is -1.30. The van der Waals surface area contributed by atoms with E-state index >= 15 is 0 Å². The molecule has 2 N–H and O–H groups in total. The van der Waals surface area contributed by atoms with Crippen LogP contribution in [0.1, 0.15) is 20.3 Å². The second kappa shape index (κ2) is 6.94. The summed E-state index contributed by atoms with van der Waals surface area (Å²) in [5.41, 5.74) is 0.602. The summed E-state index contributed by atoms with van der Waals surface area (Å²) in [7, 11) is 0. The van der Waals surface area contributed by atoms with Gasteiger partial charge in [0.1, 0.15) is 0 Å². The van der Waals surface area contributed by atoms with E-state index in [0.29, 0.717) is 18.8 Å². The number of allylic oxidation sites excluding steroid dienone is 1. The maximum atomic E-state index is 10.9. The van der Waals surface area contributed by atoms with Gasteiger partial charge in [-0.25, -0.2) is 4.79 Å². The first kappa shape index (κ1) is 12.5. The summed E-state index contributed by atoms with van der Waals surface area (Å²) in [5, 5.41) is 11.1. The number of aliphatic carboxylic acids is 1. The number of ether oxygens (including phenoxy) is 1. The van der Waals surface area contributed by atoms with Gasteiger partial charge >= 0.3 is 11.9 Å². The minimum Gasteiger partial charge on any atom is -0.481 e. The Hall–Kier alpha value is -1.52. The highest BCUT2D eigenvalue weighted by molar-refractivity contribution is 5.82. The lowest BCUT2D eigenvalue weighted by atomic mass is 10.4. The zero-order chi connectivity index (χ0) is 11.0. The van der Waals surface area contributed by atoms with Crippen molar-refractivity contribution in [3.63, 3.8) is 0 Å². The van der Waals surface area contributed by atoms with Crippen molar-refractivity contribution in [2.24, 2.45) is 0 Å². The van der Waals surface area contributed by atoms with Crippen LogP contribution in [0.15, 0.2) is 11.8 Å². The van der Waals surface area contributed by atoms with Gasteiger partial charge in [-0.15, -0.1) is 0 Å². The van der Waals surface area contributed by atoms with E-state index in [0.717, 1.165) is 0 Å². The molecule has 0 unspecified atom stereocenters. The lowest BCUT2D eigenvalue weighted by Crippen LogP contribution is -2.17. The van der Waals surface area contributed by atoms with Gasteiger partial charge < -0.3 is 15.2 Å². The van der Waals surface area contributed by atoms with Crippen molar-refractivity contribution in [2.45, 2.75) is 20.3 Å². The van der Waals surface area contributed by atoms with Crippen LogP contribution >= 0.6 is 0 Å². The van der Waals surface area contributed by atoms with Crippen LogP contribution in [0.25, 0.3) is 0 Å². The van der Waals surface area contributed by atoms with Gasteiger partial charge in [-0.05, 0) is 13.8 Å². The maximum Gasteiger partial charge on any atom is 0.332 e. The summed E-state index contributed by atoms with van der Waals surface area (Å²) >= 11 is 0. The van der Waals surface area contributed by atoms with E-state index in [-0.39, 0.29) is 6.42 Å². The fourth-order valence-electron chi connectivity index (χ4n) is 0.778. The molecule has 0 aliphatic carbocycles. The largest absolute Gasteiger partial charge is 0.481 e. The zero-order valence-corrected chi connectivity index (χ0v) is 8.37. The summed E-state index contributed by atoms with van der Waals surface area (Å²) in [6.07, 6.45) is 1.32. The van der Waals surface area contributed by atoms with Crippen LogP contribution in [0.3, 0.4) is 0 Å². The highest BCUT2D eigenvalue weighted by atomic mass is 16.5. The minimum absolute atomic E-state index is 0.0218. The van der Waals surface area contributed by atoms with Gasteiger partial charge in [0, 0.05) is 18.3 Å². The third kappa shape index (κ3) is 7.15. The van der Waals surface area contributed by atoms with Crippen molar-refractivity contribution in [1.29, 1.82) is 0 Å². The van der Waals surface area contributed by atoms with Gasteiger partial charge in [-0.2, -0.15) is 0 Å². The fourth-order valence-corrected chi connectivity index (χ4v) is 0.778. The number of esters is 1. The monoisotopic (exact) mass is 201 g/mol. The Morgan fingerprint density at radius 1 is 1.50 bits per heavy atom. The normalized spacial score (nSPS) is 10.9. The molecule has 0 aliphatic heterocycles. The van der Waals surface area contributed by atoms with Crippen molar-refractivity contribution < 1.29 is 19.4 Å². The Kier molecular flexibility index (Phi) is 6.19. The first-order valence-corrected chi connectivity index (χ1v) is 4.37. The lowest BCUT2D eigenvalue weighted by molar-refractivity contribution is -0.137. The van der Waals surface area contributed by atoms with Crippen LogP contribution in [0.2, 0.25) is 0 Å². The minimum atomic E-state index is -0.874. The lowest BCUT2D eigenvalue weighted by Gasteiger charge is -2.03. The molecule has 14 heavy (non-hydrogen) atoms. The zero-order valence-electron chi connectivity index (χ0n) is 8.37. The number of hydrogen-bond acceptors (Lipinski definition) is 4. The van der Waals surface area contributed by atoms with Crippen LogP contribution in [-0.4, -0.2) is 30.2 Å². The van der Waals surface area contributed by atoms with Crippen LogP contribution in [0.5, 0.6) is 0 Å². The van der Waals surface area contributed by atoms with E-state index in [1.807, 2.05) is 0 Å². The Labute approximate surface area is 82.7 Å². The van der Waals surface area contributed by atoms with E-state index in [4.69, 9.17) is 5.11 Å². The van der Waals surface area contributed by atoms with E-state index in [1.165, 1.54) is 6.08 Å². The number of carbonyl (C=O) groups is 2. The van der Waals surface area contributed by atoms with E-state index in [2.05, 4.69) is 10.1 Å². The first-order valence-electron chi connectivity index (χ1n) is 4.37. The molecule has 0 saturated heterocycles. The molecular weight excluding hydrogens is 186 g/mol. The van der Waals surface area contributed by atoms with Gasteiger partial charge in [-0.1, -0.05) is 0 Å². The molecular formula is C9H15NO4. The summed E-state index contributed by atoms with van der Waals surface area (Å²) < 4.78 is 4.67. The molecule has 0 radical (unpaired) electrons. The molecule has 0 aliphatic rings. The fraction of sp³-hybridized carbons (Fsp3) is 0.556. The molecule has 0 aromatic heterocycles. The molecule has 0 heterocycles. The van der Waals surface area contributed by atoms with E-state index < -0.39 is 11.9 Å². The molecule has 0 aromatic carbocycles. The van der Waals surface area contributed by atoms with E-state index in [9.17, 15) is 9.59 Å². The molecule has 0 saturated carbocycles. The number of carboxylic acid groups (broad SMARTS) is 1. The molecule has 0 rings (SSSR count). The highest BCUT2D eigenvalue weighted by Crippen LogP contribution is 1.90. The number of carbonyl (C=O) groups excluding carboxylic acids is 1. The van der Waals surface area contributed by atoms with Crippen LogP contribution in [-0.2, 0) is 14.3 Å². The predicted molar refractivity (Wildman–Crippen MR) is 50.6 cm³/mol. The number of nitrogens with one attached hydrogen (secondary N) is 1. The first-order chi connectivity index (χ1) is 6.56. The van der Waals surface area contributed by atoms with E-state index in [1.54, 1.807) is 13.8 Å². The Morgan fingerprint density at radius 2 is 2.14 bits per heavy atom. The molecule has 0 amide bonds. The van der Waals surface area contributed by atoms with Gasteiger partial charge in [0.15, 0.2) is 0 Å². The molecule has 0 aromatic rings. The predicted octanol–water partition coefficient (Wildman–Crippen LogP) is 0.518. The third-order valence-corrected chi connectivity index (χ3v) is 1.36. The topological polar surface area (TPSA) is 75.6 Å². The maximum absolute atomic E-state index is 10.9. The molecule has 0 spiro atoms. The van der Waals surface area contributed by atoms with Gasteiger partial charge in [-0.3, -0.25) is 4.79 Å². The second-order valence-electron chi connectivity index (χ2n) is 2.65. The average Bonchev–Trinajstić information content (AvgIpc) is 2.03. The van der Waals surface area contributed by atoms with Gasteiger partial charge in [0.2, 0.25) is 0 Å². The van der Waals surface area contributed by atoms with Gasteiger partial charge in [0.25, 0.3) is 0 Å².